The molecule has 0 radical (unpaired) electrons. The van der Waals surface area contributed by atoms with Crippen LogP contribution in [0.25, 0.3) is 0 Å². The van der Waals surface area contributed by atoms with E-state index in [2.05, 4.69) is 5.32 Å². The van der Waals surface area contributed by atoms with E-state index >= 15 is 0 Å². The van der Waals surface area contributed by atoms with Crippen molar-refractivity contribution in [2.75, 3.05) is 23.7 Å². The van der Waals surface area contributed by atoms with E-state index in [0.717, 1.165) is 21.7 Å². The van der Waals surface area contributed by atoms with Crippen LogP contribution in [0.4, 0.5) is 5.69 Å². The number of amides is 2. The number of nitrogens with zero attached hydrogens (tertiary/aromatic N) is 2. The number of rotatable bonds is 12. The zero-order valence-electron chi connectivity index (χ0n) is 23.8. The number of hydrogen-bond acceptors (Lipinski definition) is 5. The first-order valence-electron chi connectivity index (χ1n) is 13.3. The summed E-state index contributed by atoms with van der Waals surface area (Å²) in [5, 5.41) is 3.02. The number of sulfonamides is 1. The molecule has 0 aromatic heterocycles. The van der Waals surface area contributed by atoms with Gasteiger partial charge in [-0.3, -0.25) is 13.9 Å². The smallest absolute Gasteiger partial charge is 0.244 e. The molecule has 0 aliphatic heterocycles. The van der Waals surface area contributed by atoms with Gasteiger partial charge in [-0.1, -0.05) is 72.8 Å². The van der Waals surface area contributed by atoms with Gasteiger partial charge in [0.15, 0.2) is 0 Å². The lowest BCUT2D eigenvalue weighted by Gasteiger charge is -2.35. The second-order valence-electron chi connectivity index (χ2n) is 10.6. The molecule has 1 unspecified atom stereocenters. The van der Waals surface area contributed by atoms with Gasteiger partial charge in [-0.15, -0.1) is 0 Å². The number of carbonyl (C=O) groups is 2. The molecule has 0 heterocycles. The molecule has 9 heteroatoms. The highest BCUT2D eigenvalue weighted by atomic mass is 32.2. The molecule has 0 saturated carbocycles. The fraction of sp³-hybridized carbons (Fsp3) is 0.355. The number of hydrogen-bond donors (Lipinski definition) is 1. The predicted octanol–water partition coefficient (Wildman–Crippen LogP) is 4.41. The zero-order chi connectivity index (χ0) is 29.3. The average Bonchev–Trinajstić information content (AvgIpc) is 2.89. The molecule has 3 aromatic rings. The van der Waals surface area contributed by atoms with E-state index in [-0.39, 0.29) is 24.6 Å². The Kier molecular flexibility index (Phi) is 10.3. The van der Waals surface area contributed by atoms with Crippen molar-refractivity contribution >= 4 is 27.5 Å². The highest BCUT2D eigenvalue weighted by molar-refractivity contribution is 7.92. The Bertz CT molecular complexity index is 1370. The van der Waals surface area contributed by atoms with Crippen LogP contribution >= 0.6 is 0 Å². The van der Waals surface area contributed by atoms with E-state index in [1.807, 2.05) is 81.4 Å². The third-order valence-electron chi connectivity index (χ3n) is 6.08. The van der Waals surface area contributed by atoms with Gasteiger partial charge in [-0.2, -0.15) is 0 Å². The van der Waals surface area contributed by atoms with Crippen LogP contribution < -0.4 is 14.4 Å². The first-order valence-corrected chi connectivity index (χ1v) is 15.1. The molecule has 2 amide bonds. The summed E-state index contributed by atoms with van der Waals surface area (Å²) in [6.45, 7) is 7.39. The van der Waals surface area contributed by atoms with Gasteiger partial charge in [-0.05, 0) is 51.0 Å². The molecule has 1 N–H and O–H groups in total. The number of carbonyl (C=O) groups excluding carboxylic acids is 2. The molecular weight excluding hydrogens is 526 g/mol. The lowest BCUT2D eigenvalue weighted by Crippen LogP contribution is -2.56. The lowest BCUT2D eigenvalue weighted by atomic mass is 10.0. The minimum atomic E-state index is -3.89. The third kappa shape index (κ3) is 8.84. The van der Waals surface area contributed by atoms with Gasteiger partial charge in [0.05, 0.1) is 18.6 Å². The second-order valence-corrected chi connectivity index (χ2v) is 12.5. The normalized spacial score (nSPS) is 12.3. The summed E-state index contributed by atoms with van der Waals surface area (Å²) in [5.41, 5.74) is 1.42. The number of ether oxygens (including phenoxy) is 1. The summed E-state index contributed by atoms with van der Waals surface area (Å²) in [6.07, 6.45) is 1.31. The molecule has 3 rings (SSSR count). The fourth-order valence-electron chi connectivity index (χ4n) is 4.32. The maximum atomic E-state index is 14.1. The van der Waals surface area contributed by atoms with Crippen molar-refractivity contribution in [3.63, 3.8) is 0 Å². The molecule has 8 nitrogen and oxygen atoms in total. The molecule has 0 bridgehead atoms. The summed E-state index contributed by atoms with van der Waals surface area (Å²) in [7, 11) is -3.89. The summed E-state index contributed by atoms with van der Waals surface area (Å²) in [6, 6.07) is 24.6. The second kappa shape index (κ2) is 13.5. The Morgan fingerprint density at radius 1 is 0.875 bits per heavy atom. The van der Waals surface area contributed by atoms with E-state index < -0.39 is 34.1 Å². The molecule has 40 heavy (non-hydrogen) atoms. The van der Waals surface area contributed by atoms with Crippen molar-refractivity contribution in [2.24, 2.45) is 0 Å². The van der Waals surface area contributed by atoms with Gasteiger partial charge in [0.25, 0.3) is 0 Å². The highest BCUT2D eigenvalue weighted by Gasteiger charge is 2.34. The number of para-hydroxylation sites is 2. The summed E-state index contributed by atoms with van der Waals surface area (Å²) in [4.78, 5) is 29.4. The summed E-state index contributed by atoms with van der Waals surface area (Å²) in [5.74, 6) is -0.476. The number of anilines is 1. The fourth-order valence-corrected chi connectivity index (χ4v) is 5.18. The molecule has 0 aliphatic rings. The van der Waals surface area contributed by atoms with Crippen molar-refractivity contribution < 1.29 is 22.7 Å². The van der Waals surface area contributed by atoms with Crippen LogP contribution in [0.1, 0.15) is 38.8 Å². The van der Waals surface area contributed by atoms with Gasteiger partial charge in [0.2, 0.25) is 21.8 Å². The lowest BCUT2D eigenvalue weighted by molar-refractivity contribution is -0.140. The van der Waals surface area contributed by atoms with Gasteiger partial charge in [-0.25, -0.2) is 8.42 Å². The van der Waals surface area contributed by atoms with E-state index in [9.17, 15) is 18.0 Å². The standard InChI is InChI=1S/C31H39N3O5S/c1-6-39-28-20-14-13-19-26(28)34(40(5,37)38)23-29(35)33(22-25-17-11-8-12-18-25)27(30(36)32-31(2,3)4)21-24-15-9-7-10-16-24/h7-20,27H,6,21-23H2,1-5H3,(H,32,36). The van der Waals surface area contributed by atoms with Crippen LogP contribution in [-0.2, 0) is 32.6 Å². The molecule has 1 atom stereocenters. The van der Waals surface area contributed by atoms with Gasteiger partial charge >= 0.3 is 0 Å². The Morgan fingerprint density at radius 3 is 1.98 bits per heavy atom. The van der Waals surface area contributed by atoms with Gasteiger partial charge in [0.1, 0.15) is 18.3 Å². The summed E-state index contributed by atoms with van der Waals surface area (Å²) < 4.78 is 32.7. The van der Waals surface area contributed by atoms with E-state index in [1.165, 1.54) is 4.90 Å². The first-order chi connectivity index (χ1) is 18.9. The van der Waals surface area contributed by atoms with Crippen molar-refractivity contribution in [1.82, 2.24) is 10.2 Å². The van der Waals surface area contributed by atoms with E-state index in [0.29, 0.717) is 12.4 Å². The molecule has 0 spiro atoms. The SMILES string of the molecule is CCOc1ccccc1N(CC(=O)N(Cc1ccccc1)C(Cc1ccccc1)C(=O)NC(C)(C)C)S(C)(=O)=O. The quantitative estimate of drug-likeness (QED) is 0.351. The number of benzene rings is 3. The molecule has 3 aromatic carbocycles. The third-order valence-corrected chi connectivity index (χ3v) is 7.20. The molecule has 0 aliphatic carbocycles. The van der Waals surface area contributed by atoms with Crippen LogP contribution in [0.2, 0.25) is 0 Å². The monoisotopic (exact) mass is 565 g/mol. The van der Waals surface area contributed by atoms with Crippen LogP contribution in [-0.4, -0.2) is 56.1 Å². The maximum Gasteiger partial charge on any atom is 0.244 e. The minimum Gasteiger partial charge on any atom is -0.492 e. The topological polar surface area (TPSA) is 96.0 Å². The van der Waals surface area contributed by atoms with Crippen LogP contribution in [0.3, 0.4) is 0 Å². The largest absolute Gasteiger partial charge is 0.492 e. The van der Waals surface area contributed by atoms with Crippen LogP contribution in [0.15, 0.2) is 84.9 Å². The van der Waals surface area contributed by atoms with Gasteiger partial charge < -0.3 is 15.0 Å². The van der Waals surface area contributed by atoms with Crippen molar-refractivity contribution in [3.05, 3.63) is 96.1 Å². The maximum absolute atomic E-state index is 14.1. The zero-order valence-corrected chi connectivity index (χ0v) is 24.6. The van der Waals surface area contributed by atoms with Crippen molar-refractivity contribution in [1.29, 1.82) is 0 Å². The predicted molar refractivity (Wildman–Crippen MR) is 159 cm³/mol. The van der Waals surface area contributed by atoms with E-state index in [1.54, 1.807) is 31.2 Å². The van der Waals surface area contributed by atoms with E-state index in [4.69, 9.17) is 4.74 Å². The summed E-state index contributed by atoms with van der Waals surface area (Å²) >= 11 is 0. The average molecular weight is 566 g/mol. The van der Waals surface area contributed by atoms with Crippen molar-refractivity contribution in [3.8, 4) is 5.75 Å². The van der Waals surface area contributed by atoms with Gasteiger partial charge in [0, 0.05) is 18.5 Å². The Balaban J connectivity index is 2.08. The Labute approximate surface area is 238 Å². The van der Waals surface area contributed by atoms with Crippen LogP contribution in [0.5, 0.6) is 5.75 Å². The molecule has 0 saturated heterocycles. The molecule has 214 valence electrons. The highest BCUT2D eigenvalue weighted by Crippen LogP contribution is 2.30. The Hall–Kier alpha value is -3.85. The first kappa shape index (κ1) is 30.7. The minimum absolute atomic E-state index is 0.124. The Morgan fingerprint density at radius 2 is 1.43 bits per heavy atom. The molecular formula is C31H39N3O5S. The van der Waals surface area contributed by atoms with Crippen LogP contribution in [0, 0.1) is 0 Å². The molecule has 0 fully saturated rings. The van der Waals surface area contributed by atoms with Crippen molar-refractivity contribution in [2.45, 2.75) is 52.2 Å². The number of nitrogens with one attached hydrogen (secondary N) is 1.